The van der Waals surface area contributed by atoms with Crippen LogP contribution in [0.25, 0.3) is 11.1 Å². The molecule has 0 spiro atoms. The van der Waals surface area contributed by atoms with Crippen molar-refractivity contribution in [1.29, 1.82) is 0 Å². The van der Waals surface area contributed by atoms with Crippen LogP contribution in [-0.4, -0.2) is 41.2 Å². The molecule has 2 rings (SSSR count). The second kappa shape index (κ2) is 11.0. The number of methoxy groups -OCH3 is 1. The molecular formula is C23H27NO6. The monoisotopic (exact) mass is 413 g/mol. The Morgan fingerprint density at radius 1 is 1.00 bits per heavy atom. The van der Waals surface area contributed by atoms with Crippen LogP contribution < -0.4 is 10.1 Å². The second-order valence-electron chi connectivity index (χ2n) is 7.23. The Morgan fingerprint density at radius 3 is 2.27 bits per heavy atom. The van der Waals surface area contributed by atoms with Gasteiger partial charge in [0.15, 0.2) is 0 Å². The van der Waals surface area contributed by atoms with Crippen molar-refractivity contribution >= 4 is 17.8 Å². The minimum Gasteiger partial charge on any atom is -0.496 e. The summed E-state index contributed by atoms with van der Waals surface area (Å²) >= 11 is 0. The number of hydrogen-bond donors (Lipinski definition) is 3. The molecule has 0 saturated carbocycles. The van der Waals surface area contributed by atoms with Gasteiger partial charge in [0, 0.05) is 18.0 Å². The number of hydrogen-bond acceptors (Lipinski definition) is 4. The molecule has 0 aliphatic rings. The van der Waals surface area contributed by atoms with Crippen LogP contribution in [0, 0.1) is 5.92 Å². The molecule has 0 radical (unpaired) electrons. The SMILES string of the molecule is COc1ccccc1-c1ccc(CC(C[C@H](C)C(=O)O)NC(=O)CCC(=O)O)cc1. The van der Waals surface area contributed by atoms with E-state index in [-0.39, 0.29) is 19.3 Å². The van der Waals surface area contributed by atoms with Gasteiger partial charge in [-0.25, -0.2) is 0 Å². The zero-order chi connectivity index (χ0) is 22.1. The van der Waals surface area contributed by atoms with Gasteiger partial charge >= 0.3 is 11.9 Å². The van der Waals surface area contributed by atoms with Crippen molar-refractivity contribution in [1.82, 2.24) is 5.32 Å². The first-order chi connectivity index (χ1) is 14.3. The van der Waals surface area contributed by atoms with Gasteiger partial charge in [0.05, 0.1) is 19.4 Å². The average molecular weight is 413 g/mol. The number of carboxylic acids is 2. The largest absolute Gasteiger partial charge is 0.496 e. The van der Waals surface area contributed by atoms with E-state index in [2.05, 4.69) is 5.32 Å². The van der Waals surface area contributed by atoms with E-state index in [1.165, 1.54) is 0 Å². The minimum absolute atomic E-state index is 0.139. The molecule has 7 heteroatoms. The fraction of sp³-hybridized carbons (Fsp3) is 0.348. The van der Waals surface area contributed by atoms with Crippen LogP contribution in [0.5, 0.6) is 5.75 Å². The predicted octanol–water partition coefficient (Wildman–Crippen LogP) is 3.37. The highest BCUT2D eigenvalue weighted by molar-refractivity contribution is 5.81. The highest BCUT2D eigenvalue weighted by Gasteiger charge is 2.21. The third kappa shape index (κ3) is 6.92. The highest BCUT2D eigenvalue weighted by atomic mass is 16.5. The number of aliphatic carboxylic acids is 2. The lowest BCUT2D eigenvalue weighted by Crippen LogP contribution is -2.38. The molecule has 3 N–H and O–H groups in total. The van der Waals surface area contributed by atoms with Crippen molar-refractivity contribution in [3.8, 4) is 16.9 Å². The highest BCUT2D eigenvalue weighted by Crippen LogP contribution is 2.29. The van der Waals surface area contributed by atoms with E-state index < -0.39 is 29.8 Å². The summed E-state index contributed by atoms with van der Waals surface area (Å²) in [5.41, 5.74) is 2.89. The zero-order valence-corrected chi connectivity index (χ0v) is 17.1. The average Bonchev–Trinajstić information content (AvgIpc) is 2.72. The van der Waals surface area contributed by atoms with Gasteiger partial charge in [-0.05, 0) is 30.0 Å². The van der Waals surface area contributed by atoms with E-state index in [4.69, 9.17) is 9.84 Å². The summed E-state index contributed by atoms with van der Waals surface area (Å²) in [4.78, 5) is 34.0. The molecule has 1 unspecified atom stereocenters. The van der Waals surface area contributed by atoms with Crippen molar-refractivity contribution in [3.63, 3.8) is 0 Å². The first-order valence-electron chi connectivity index (χ1n) is 9.76. The molecule has 0 aliphatic carbocycles. The number of carbonyl (C=O) groups excluding carboxylic acids is 1. The van der Waals surface area contributed by atoms with E-state index in [1.54, 1.807) is 14.0 Å². The third-order valence-electron chi connectivity index (χ3n) is 4.84. The lowest BCUT2D eigenvalue weighted by atomic mass is 9.94. The molecule has 2 aromatic rings. The van der Waals surface area contributed by atoms with Crippen molar-refractivity contribution in [2.24, 2.45) is 5.92 Å². The van der Waals surface area contributed by atoms with Crippen molar-refractivity contribution in [2.45, 2.75) is 38.6 Å². The Kier molecular flexibility index (Phi) is 8.41. The molecule has 160 valence electrons. The number of nitrogens with one attached hydrogen (secondary N) is 1. The van der Waals surface area contributed by atoms with Crippen LogP contribution in [0.15, 0.2) is 48.5 Å². The molecule has 0 aromatic heterocycles. The Balaban J connectivity index is 2.12. The van der Waals surface area contributed by atoms with Crippen LogP contribution >= 0.6 is 0 Å². The lowest BCUT2D eigenvalue weighted by Gasteiger charge is -2.21. The standard InChI is InChI=1S/C23H27NO6/c1-15(23(28)29)13-18(24-21(25)11-12-22(26)27)14-16-7-9-17(10-8-16)19-5-3-4-6-20(19)30-2/h3-10,15,18H,11-14H2,1-2H3,(H,24,25)(H,26,27)(H,28,29)/t15-,18?/m0/s1. The normalized spacial score (nSPS) is 12.6. The second-order valence-corrected chi connectivity index (χ2v) is 7.23. The molecule has 2 atom stereocenters. The van der Waals surface area contributed by atoms with Crippen molar-refractivity contribution < 1.29 is 29.3 Å². The number of para-hydroxylation sites is 1. The number of carbonyl (C=O) groups is 3. The van der Waals surface area contributed by atoms with Crippen LogP contribution in [0.1, 0.15) is 31.7 Å². The van der Waals surface area contributed by atoms with Gasteiger partial charge in [-0.15, -0.1) is 0 Å². The van der Waals surface area contributed by atoms with Gasteiger partial charge in [0.25, 0.3) is 0 Å². The summed E-state index contributed by atoms with van der Waals surface area (Å²) in [6, 6.07) is 15.1. The van der Waals surface area contributed by atoms with Gasteiger partial charge in [0.2, 0.25) is 5.91 Å². The van der Waals surface area contributed by atoms with Gasteiger partial charge < -0.3 is 20.3 Å². The van der Waals surface area contributed by atoms with E-state index in [9.17, 15) is 19.5 Å². The van der Waals surface area contributed by atoms with Crippen LogP contribution in [0.4, 0.5) is 0 Å². The maximum Gasteiger partial charge on any atom is 0.306 e. The third-order valence-corrected chi connectivity index (χ3v) is 4.84. The number of amides is 1. The van der Waals surface area contributed by atoms with Crippen molar-refractivity contribution in [2.75, 3.05) is 7.11 Å². The lowest BCUT2D eigenvalue weighted by molar-refractivity contribution is -0.141. The first-order valence-corrected chi connectivity index (χ1v) is 9.76. The van der Waals surface area contributed by atoms with Crippen LogP contribution in [0.3, 0.4) is 0 Å². The molecule has 0 saturated heterocycles. The molecule has 30 heavy (non-hydrogen) atoms. The quantitative estimate of drug-likeness (QED) is 0.521. The molecule has 2 aromatic carbocycles. The Labute approximate surface area is 175 Å². The van der Waals surface area contributed by atoms with Gasteiger partial charge in [-0.2, -0.15) is 0 Å². The maximum atomic E-state index is 12.1. The molecule has 0 aliphatic heterocycles. The van der Waals surface area contributed by atoms with E-state index in [0.717, 1.165) is 22.4 Å². The fourth-order valence-corrected chi connectivity index (χ4v) is 3.23. The number of ether oxygens (including phenoxy) is 1. The van der Waals surface area contributed by atoms with E-state index in [0.29, 0.717) is 6.42 Å². The molecule has 0 heterocycles. The topological polar surface area (TPSA) is 113 Å². The summed E-state index contributed by atoms with van der Waals surface area (Å²) in [5.74, 6) is -2.25. The summed E-state index contributed by atoms with van der Waals surface area (Å²) in [6.45, 7) is 1.59. The summed E-state index contributed by atoms with van der Waals surface area (Å²) in [6.07, 6.45) is 0.297. The van der Waals surface area contributed by atoms with Gasteiger partial charge in [0.1, 0.15) is 5.75 Å². The first kappa shape index (κ1) is 22.9. The fourth-order valence-electron chi connectivity index (χ4n) is 3.23. The number of carboxylic acid groups (broad SMARTS) is 2. The van der Waals surface area contributed by atoms with Crippen LogP contribution in [-0.2, 0) is 20.8 Å². The molecular weight excluding hydrogens is 386 g/mol. The molecule has 0 fully saturated rings. The molecule has 1 amide bonds. The summed E-state index contributed by atoms with van der Waals surface area (Å²) < 4.78 is 5.40. The number of rotatable bonds is 11. The van der Waals surface area contributed by atoms with Crippen LogP contribution in [0.2, 0.25) is 0 Å². The predicted molar refractivity (Wildman–Crippen MR) is 112 cm³/mol. The smallest absolute Gasteiger partial charge is 0.306 e. The van der Waals surface area contributed by atoms with E-state index in [1.807, 2.05) is 48.5 Å². The van der Waals surface area contributed by atoms with Crippen molar-refractivity contribution in [3.05, 3.63) is 54.1 Å². The Hall–Kier alpha value is -3.35. The Morgan fingerprint density at radius 2 is 1.67 bits per heavy atom. The van der Waals surface area contributed by atoms with Gasteiger partial charge in [-0.3, -0.25) is 14.4 Å². The minimum atomic E-state index is -1.05. The van der Waals surface area contributed by atoms with E-state index >= 15 is 0 Å². The zero-order valence-electron chi connectivity index (χ0n) is 17.1. The molecule has 0 bridgehead atoms. The summed E-state index contributed by atoms with van der Waals surface area (Å²) in [7, 11) is 1.62. The number of benzene rings is 2. The van der Waals surface area contributed by atoms with Gasteiger partial charge in [-0.1, -0.05) is 49.4 Å². The molecule has 7 nitrogen and oxygen atoms in total. The Bertz CT molecular complexity index is 878. The maximum absolute atomic E-state index is 12.1. The summed E-state index contributed by atoms with van der Waals surface area (Å²) in [5, 5.41) is 20.7.